The Balaban J connectivity index is 4.37. The summed E-state index contributed by atoms with van der Waals surface area (Å²) in [4.78, 5) is 11.5. The van der Waals surface area contributed by atoms with E-state index in [1.165, 1.54) is 0 Å². The van der Waals surface area contributed by atoms with Crippen molar-refractivity contribution in [2.75, 3.05) is 0 Å². The van der Waals surface area contributed by atoms with Gasteiger partial charge in [-0.05, 0) is 25.7 Å². The molecule has 0 bridgehead atoms. The van der Waals surface area contributed by atoms with Gasteiger partial charge in [0, 0.05) is 6.42 Å². The minimum absolute atomic E-state index is 0.112. The average Bonchev–Trinajstić information content (AvgIpc) is 1.95. The smallest absolute Gasteiger partial charge is 0.306 e. The van der Waals surface area contributed by atoms with Crippen molar-refractivity contribution in [2.45, 2.75) is 59.7 Å². The van der Waals surface area contributed by atoms with E-state index in [0.29, 0.717) is 6.42 Å². The first-order valence-corrected chi connectivity index (χ1v) is 5.56. The van der Waals surface area contributed by atoms with E-state index in [2.05, 4.69) is 0 Å². The molecule has 15 heavy (non-hydrogen) atoms. The van der Waals surface area contributed by atoms with Crippen molar-refractivity contribution in [3.8, 4) is 0 Å². The SMILES string of the molecule is CC(C)CC(=O)O[C@@H](C(C)C)C(C)(C)O. The quantitative estimate of drug-likeness (QED) is 0.718. The summed E-state index contributed by atoms with van der Waals surface area (Å²) in [5.41, 5.74) is -0.985. The number of rotatable bonds is 5. The van der Waals surface area contributed by atoms with E-state index in [9.17, 15) is 9.90 Å². The maximum absolute atomic E-state index is 11.5. The fourth-order valence-electron chi connectivity index (χ4n) is 1.62. The minimum atomic E-state index is -0.985. The molecule has 0 aromatic heterocycles. The van der Waals surface area contributed by atoms with Gasteiger partial charge in [0.05, 0.1) is 5.60 Å². The zero-order chi connectivity index (χ0) is 12.2. The Kier molecular flexibility index (Phi) is 5.29. The monoisotopic (exact) mass is 216 g/mol. The van der Waals surface area contributed by atoms with Gasteiger partial charge in [-0.2, -0.15) is 0 Å². The highest BCUT2D eigenvalue weighted by atomic mass is 16.6. The van der Waals surface area contributed by atoms with Crippen LogP contribution in [0.4, 0.5) is 0 Å². The van der Waals surface area contributed by atoms with E-state index < -0.39 is 11.7 Å². The topological polar surface area (TPSA) is 46.5 Å². The van der Waals surface area contributed by atoms with Crippen LogP contribution in [0.5, 0.6) is 0 Å². The van der Waals surface area contributed by atoms with Gasteiger partial charge < -0.3 is 9.84 Å². The molecular formula is C12H24O3. The predicted molar refractivity (Wildman–Crippen MR) is 60.5 cm³/mol. The van der Waals surface area contributed by atoms with Gasteiger partial charge in [0.1, 0.15) is 6.10 Å². The number of carbonyl (C=O) groups excluding carboxylic acids is 1. The van der Waals surface area contributed by atoms with Crippen LogP contribution in [0.15, 0.2) is 0 Å². The molecule has 0 amide bonds. The summed E-state index contributed by atoms with van der Waals surface area (Å²) in [7, 11) is 0. The molecule has 0 saturated carbocycles. The third kappa shape index (κ3) is 5.78. The number of hydrogen-bond acceptors (Lipinski definition) is 3. The third-order valence-electron chi connectivity index (χ3n) is 2.14. The standard InChI is InChI=1S/C12H24O3/c1-8(2)7-10(13)15-11(9(3)4)12(5,6)14/h8-9,11,14H,7H2,1-6H3/t11-/m0/s1. The molecular weight excluding hydrogens is 192 g/mol. The molecule has 0 spiro atoms. The zero-order valence-corrected chi connectivity index (χ0v) is 10.7. The van der Waals surface area contributed by atoms with Crippen molar-refractivity contribution >= 4 is 5.97 Å². The lowest BCUT2D eigenvalue weighted by atomic mass is 9.92. The fraction of sp³-hybridized carbons (Fsp3) is 0.917. The second-order valence-electron chi connectivity index (χ2n) is 5.41. The van der Waals surface area contributed by atoms with Gasteiger partial charge in [-0.1, -0.05) is 27.7 Å². The summed E-state index contributed by atoms with van der Waals surface area (Å²) in [6.07, 6.45) is -0.0389. The molecule has 1 N–H and O–H groups in total. The maximum atomic E-state index is 11.5. The number of esters is 1. The van der Waals surface area contributed by atoms with Gasteiger partial charge in [-0.25, -0.2) is 0 Å². The zero-order valence-electron chi connectivity index (χ0n) is 10.7. The van der Waals surface area contributed by atoms with E-state index in [0.717, 1.165) is 0 Å². The molecule has 3 heteroatoms. The third-order valence-corrected chi connectivity index (χ3v) is 2.14. The molecule has 3 nitrogen and oxygen atoms in total. The lowest BCUT2D eigenvalue weighted by Crippen LogP contribution is -2.43. The highest BCUT2D eigenvalue weighted by Crippen LogP contribution is 2.21. The normalized spacial score (nSPS) is 14.5. The highest BCUT2D eigenvalue weighted by Gasteiger charge is 2.33. The van der Waals surface area contributed by atoms with Crippen LogP contribution < -0.4 is 0 Å². The molecule has 0 saturated heterocycles. The van der Waals surface area contributed by atoms with E-state index in [1.54, 1.807) is 13.8 Å². The first-order valence-electron chi connectivity index (χ1n) is 5.56. The summed E-state index contributed by atoms with van der Waals surface area (Å²) >= 11 is 0. The number of hydrogen-bond donors (Lipinski definition) is 1. The fourth-order valence-corrected chi connectivity index (χ4v) is 1.62. The lowest BCUT2D eigenvalue weighted by Gasteiger charge is -2.32. The van der Waals surface area contributed by atoms with Crippen LogP contribution in [0.1, 0.15) is 48.0 Å². The molecule has 0 aliphatic heterocycles. The van der Waals surface area contributed by atoms with Crippen LogP contribution in [-0.4, -0.2) is 22.8 Å². The van der Waals surface area contributed by atoms with Gasteiger partial charge in [0.25, 0.3) is 0 Å². The summed E-state index contributed by atoms with van der Waals surface area (Å²) in [6, 6.07) is 0. The molecule has 0 aromatic rings. The van der Waals surface area contributed by atoms with Gasteiger partial charge in [-0.3, -0.25) is 4.79 Å². The average molecular weight is 216 g/mol. The van der Waals surface area contributed by atoms with Crippen molar-refractivity contribution in [1.82, 2.24) is 0 Å². The number of aliphatic hydroxyl groups is 1. The van der Waals surface area contributed by atoms with Gasteiger partial charge in [0.2, 0.25) is 0 Å². The molecule has 0 aliphatic carbocycles. The summed E-state index contributed by atoms with van der Waals surface area (Å²) < 4.78 is 5.30. The lowest BCUT2D eigenvalue weighted by molar-refractivity contribution is -0.167. The van der Waals surface area contributed by atoms with Crippen molar-refractivity contribution in [3.05, 3.63) is 0 Å². The van der Waals surface area contributed by atoms with E-state index in [4.69, 9.17) is 4.74 Å². The Bertz CT molecular complexity index is 201. The Labute approximate surface area is 92.8 Å². The predicted octanol–water partition coefficient (Wildman–Crippen LogP) is 2.37. The Morgan fingerprint density at radius 1 is 1.27 bits per heavy atom. The van der Waals surface area contributed by atoms with Gasteiger partial charge in [-0.15, -0.1) is 0 Å². The van der Waals surface area contributed by atoms with E-state index >= 15 is 0 Å². The second-order valence-corrected chi connectivity index (χ2v) is 5.41. The van der Waals surface area contributed by atoms with Crippen LogP contribution in [0.2, 0.25) is 0 Å². The number of carbonyl (C=O) groups is 1. The van der Waals surface area contributed by atoms with Gasteiger partial charge in [0.15, 0.2) is 0 Å². The van der Waals surface area contributed by atoms with Gasteiger partial charge >= 0.3 is 5.97 Å². The van der Waals surface area contributed by atoms with Crippen LogP contribution in [0.25, 0.3) is 0 Å². The molecule has 90 valence electrons. The van der Waals surface area contributed by atoms with Crippen LogP contribution >= 0.6 is 0 Å². The van der Waals surface area contributed by atoms with Crippen LogP contribution in [-0.2, 0) is 9.53 Å². The minimum Gasteiger partial charge on any atom is -0.459 e. The van der Waals surface area contributed by atoms with E-state index in [-0.39, 0.29) is 17.8 Å². The summed E-state index contributed by atoms with van der Waals surface area (Å²) in [5, 5.41) is 9.85. The Hall–Kier alpha value is -0.570. The van der Waals surface area contributed by atoms with Crippen molar-refractivity contribution < 1.29 is 14.6 Å². The molecule has 0 rings (SSSR count). The van der Waals surface area contributed by atoms with Crippen molar-refractivity contribution in [2.24, 2.45) is 11.8 Å². The molecule has 1 atom stereocenters. The first-order chi connectivity index (χ1) is 6.64. The molecule has 0 radical (unpaired) electrons. The van der Waals surface area contributed by atoms with Crippen LogP contribution in [0.3, 0.4) is 0 Å². The van der Waals surface area contributed by atoms with Crippen molar-refractivity contribution in [3.63, 3.8) is 0 Å². The first kappa shape index (κ1) is 14.4. The van der Waals surface area contributed by atoms with Crippen LogP contribution in [0, 0.1) is 11.8 Å². The maximum Gasteiger partial charge on any atom is 0.306 e. The number of ether oxygens (including phenoxy) is 1. The molecule has 0 aromatic carbocycles. The summed E-state index contributed by atoms with van der Waals surface area (Å²) in [5.74, 6) is 0.166. The van der Waals surface area contributed by atoms with E-state index in [1.807, 2.05) is 27.7 Å². The summed E-state index contributed by atoms with van der Waals surface area (Å²) in [6.45, 7) is 11.1. The van der Waals surface area contributed by atoms with Crippen molar-refractivity contribution in [1.29, 1.82) is 0 Å². The molecule has 0 heterocycles. The molecule has 0 aliphatic rings. The molecule has 0 fully saturated rings. The highest BCUT2D eigenvalue weighted by molar-refractivity contribution is 5.69. The second kappa shape index (κ2) is 5.50. The largest absolute Gasteiger partial charge is 0.459 e. The Morgan fingerprint density at radius 2 is 1.73 bits per heavy atom. The Morgan fingerprint density at radius 3 is 2.00 bits per heavy atom. The molecule has 0 unspecified atom stereocenters.